The van der Waals surface area contributed by atoms with Gasteiger partial charge in [0.25, 0.3) is 5.91 Å². The fraction of sp³-hybridized carbons (Fsp3) is 0.385. The molecule has 0 aliphatic heterocycles. The summed E-state index contributed by atoms with van der Waals surface area (Å²) in [5, 5.41) is 4.20. The molecule has 1 atom stereocenters. The summed E-state index contributed by atoms with van der Waals surface area (Å²) in [6.07, 6.45) is 3.77. The van der Waals surface area contributed by atoms with Gasteiger partial charge in [0.2, 0.25) is 0 Å². The minimum Gasteiger partial charge on any atom is -0.397 e. The van der Waals surface area contributed by atoms with Crippen LogP contribution in [-0.2, 0) is 0 Å². The molecule has 0 aliphatic carbocycles. The maximum atomic E-state index is 12.1. The molecule has 0 saturated heterocycles. The van der Waals surface area contributed by atoms with Crippen LogP contribution in [0.2, 0.25) is 0 Å². The zero-order valence-corrected chi connectivity index (χ0v) is 12.8. The maximum Gasteiger partial charge on any atom is 0.263 e. The first-order valence-electron chi connectivity index (χ1n) is 5.99. The Hall–Kier alpha value is -1.27. The first kappa shape index (κ1) is 14.1. The summed E-state index contributed by atoms with van der Waals surface area (Å²) in [5.74, 6) is -0.110. The van der Waals surface area contributed by atoms with Crippen molar-refractivity contribution in [3.8, 4) is 0 Å². The van der Waals surface area contributed by atoms with Crippen LogP contribution in [0.4, 0.5) is 5.69 Å². The average Bonchev–Trinajstić information content (AvgIpc) is 2.74. The number of nitrogen functional groups attached to an aromatic ring is 1. The van der Waals surface area contributed by atoms with E-state index in [-0.39, 0.29) is 5.91 Å². The molecule has 2 heterocycles. The third kappa shape index (κ3) is 2.84. The molecule has 4 nitrogen and oxygen atoms in total. The minimum absolute atomic E-state index is 0.110. The second-order valence-corrected chi connectivity index (χ2v) is 6.68. The molecule has 1 amide bonds. The number of aromatic nitrogens is 1. The Morgan fingerprint density at radius 1 is 1.63 bits per heavy atom. The van der Waals surface area contributed by atoms with Crippen molar-refractivity contribution in [3.05, 3.63) is 22.7 Å². The molecule has 6 heteroatoms. The molecule has 2 aromatic rings. The highest BCUT2D eigenvalue weighted by molar-refractivity contribution is 7.99. The zero-order chi connectivity index (χ0) is 14.0. The highest BCUT2D eigenvalue weighted by Gasteiger charge is 2.18. The summed E-state index contributed by atoms with van der Waals surface area (Å²) >= 11 is 3.07. The number of amides is 1. The van der Waals surface area contributed by atoms with Crippen LogP contribution in [0.1, 0.15) is 22.2 Å². The molecule has 0 aromatic carbocycles. The van der Waals surface area contributed by atoms with E-state index < -0.39 is 0 Å². The number of rotatable bonds is 4. The SMILES string of the molecule is CSC(C)CNC(=O)c1sc2nccc(C)c2c1N. The number of carbonyl (C=O) groups excluding carboxylic acids is 1. The van der Waals surface area contributed by atoms with Gasteiger partial charge in [-0.3, -0.25) is 4.79 Å². The van der Waals surface area contributed by atoms with Gasteiger partial charge in [-0.25, -0.2) is 4.98 Å². The highest BCUT2D eigenvalue weighted by Crippen LogP contribution is 2.34. The third-order valence-corrected chi connectivity index (χ3v) is 5.08. The number of nitrogens with two attached hydrogens (primary N) is 1. The van der Waals surface area contributed by atoms with Gasteiger partial charge in [0.1, 0.15) is 9.71 Å². The van der Waals surface area contributed by atoms with Gasteiger partial charge >= 0.3 is 0 Å². The van der Waals surface area contributed by atoms with Gasteiger partial charge in [0.15, 0.2) is 0 Å². The van der Waals surface area contributed by atoms with Gasteiger partial charge < -0.3 is 11.1 Å². The van der Waals surface area contributed by atoms with Crippen LogP contribution in [0.15, 0.2) is 12.3 Å². The molecule has 0 aliphatic rings. The van der Waals surface area contributed by atoms with Crippen LogP contribution < -0.4 is 11.1 Å². The molecular formula is C13H17N3OS2. The molecule has 0 saturated carbocycles. The summed E-state index contributed by atoms with van der Waals surface area (Å²) in [4.78, 5) is 17.8. The number of anilines is 1. The normalized spacial score (nSPS) is 12.6. The second kappa shape index (κ2) is 5.79. The van der Waals surface area contributed by atoms with Crippen LogP contribution in [0, 0.1) is 6.92 Å². The van der Waals surface area contributed by atoms with Crippen LogP contribution in [0.5, 0.6) is 0 Å². The predicted molar refractivity (Wildman–Crippen MR) is 84.1 cm³/mol. The van der Waals surface area contributed by atoms with E-state index in [9.17, 15) is 4.79 Å². The first-order valence-corrected chi connectivity index (χ1v) is 8.09. The smallest absolute Gasteiger partial charge is 0.263 e. The van der Waals surface area contributed by atoms with E-state index in [1.807, 2.05) is 19.2 Å². The lowest BCUT2D eigenvalue weighted by atomic mass is 10.2. The molecule has 19 heavy (non-hydrogen) atoms. The van der Waals surface area contributed by atoms with Gasteiger partial charge in [-0.2, -0.15) is 11.8 Å². The molecular weight excluding hydrogens is 278 g/mol. The Kier molecular flexibility index (Phi) is 4.31. The van der Waals surface area contributed by atoms with Crippen LogP contribution in [0.25, 0.3) is 10.2 Å². The second-order valence-electron chi connectivity index (χ2n) is 4.41. The van der Waals surface area contributed by atoms with E-state index in [1.54, 1.807) is 18.0 Å². The average molecular weight is 295 g/mol. The number of aryl methyl sites for hydroxylation is 1. The Bertz CT molecular complexity index is 609. The number of thiophene rings is 1. The number of fused-ring (bicyclic) bond motifs is 1. The molecule has 3 N–H and O–H groups in total. The Morgan fingerprint density at radius 2 is 2.37 bits per heavy atom. The fourth-order valence-electron chi connectivity index (χ4n) is 1.77. The summed E-state index contributed by atoms with van der Waals surface area (Å²) in [5.41, 5.74) is 7.68. The van der Waals surface area contributed by atoms with Gasteiger partial charge in [0, 0.05) is 23.4 Å². The molecule has 1 unspecified atom stereocenters. The largest absolute Gasteiger partial charge is 0.397 e. The van der Waals surface area contributed by atoms with Gasteiger partial charge in [-0.1, -0.05) is 6.92 Å². The first-order chi connectivity index (χ1) is 9.04. The van der Waals surface area contributed by atoms with Crippen LogP contribution in [-0.4, -0.2) is 28.9 Å². The number of nitrogens with zero attached hydrogens (tertiary/aromatic N) is 1. The van der Waals surface area contributed by atoms with Crippen LogP contribution >= 0.6 is 23.1 Å². The third-order valence-electron chi connectivity index (χ3n) is 3.00. The van der Waals surface area contributed by atoms with Crippen molar-refractivity contribution < 1.29 is 4.79 Å². The van der Waals surface area contributed by atoms with Crippen molar-refractivity contribution >= 4 is 44.9 Å². The highest BCUT2D eigenvalue weighted by atomic mass is 32.2. The number of pyridine rings is 1. The summed E-state index contributed by atoms with van der Waals surface area (Å²) < 4.78 is 0. The molecule has 102 valence electrons. The number of hydrogen-bond acceptors (Lipinski definition) is 5. The lowest BCUT2D eigenvalue weighted by Crippen LogP contribution is -2.29. The van der Waals surface area contributed by atoms with E-state index in [1.165, 1.54) is 11.3 Å². The lowest BCUT2D eigenvalue weighted by Gasteiger charge is -2.09. The van der Waals surface area contributed by atoms with Crippen molar-refractivity contribution in [2.75, 3.05) is 18.5 Å². The van der Waals surface area contributed by atoms with E-state index >= 15 is 0 Å². The monoisotopic (exact) mass is 295 g/mol. The fourth-order valence-corrected chi connectivity index (χ4v) is 3.08. The number of carbonyl (C=O) groups is 1. The van der Waals surface area contributed by atoms with Crippen molar-refractivity contribution in [2.45, 2.75) is 19.1 Å². The number of thioether (sulfide) groups is 1. The van der Waals surface area contributed by atoms with Crippen molar-refractivity contribution in [1.82, 2.24) is 10.3 Å². The Labute approximate surface area is 120 Å². The van der Waals surface area contributed by atoms with Gasteiger partial charge in [-0.15, -0.1) is 11.3 Å². The van der Waals surface area contributed by atoms with Crippen molar-refractivity contribution in [2.24, 2.45) is 0 Å². The summed E-state index contributed by atoms with van der Waals surface area (Å²) in [6.45, 7) is 4.69. The zero-order valence-electron chi connectivity index (χ0n) is 11.2. The molecule has 0 spiro atoms. The standard InChI is InChI=1S/C13H17N3OS2/c1-7-4-5-15-13-9(7)10(14)11(19-13)12(17)16-6-8(2)18-3/h4-5,8H,6,14H2,1-3H3,(H,16,17). The number of hydrogen-bond donors (Lipinski definition) is 2. The van der Waals surface area contributed by atoms with E-state index in [4.69, 9.17) is 5.73 Å². The Morgan fingerprint density at radius 3 is 3.00 bits per heavy atom. The summed E-state index contributed by atoms with van der Waals surface area (Å²) in [6, 6.07) is 1.91. The topological polar surface area (TPSA) is 68.0 Å². The minimum atomic E-state index is -0.110. The van der Waals surface area contributed by atoms with Crippen molar-refractivity contribution in [1.29, 1.82) is 0 Å². The number of nitrogens with one attached hydrogen (secondary N) is 1. The molecule has 0 radical (unpaired) electrons. The summed E-state index contributed by atoms with van der Waals surface area (Å²) in [7, 11) is 0. The Balaban J connectivity index is 2.28. The molecule has 2 aromatic heterocycles. The quantitative estimate of drug-likeness (QED) is 0.910. The van der Waals surface area contributed by atoms with E-state index in [2.05, 4.69) is 17.2 Å². The predicted octanol–water partition coefficient (Wildman–Crippen LogP) is 2.67. The van der Waals surface area contributed by atoms with Gasteiger partial charge in [-0.05, 0) is 24.8 Å². The molecule has 2 rings (SSSR count). The maximum absolute atomic E-state index is 12.1. The van der Waals surface area contributed by atoms with Crippen molar-refractivity contribution in [3.63, 3.8) is 0 Å². The molecule has 0 fully saturated rings. The van der Waals surface area contributed by atoms with Crippen LogP contribution in [0.3, 0.4) is 0 Å². The molecule has 0 bridgehead atoms. The van der Waals surface area contributed by atoms with E-state index in [0.717, 1.165) is 15.8 Å². The van der Waals surface area contributed by atoms with E-state index in [0.29, 0.717) is 22.4 Å². The lowest BCUT2D eigenvalue weighted by molar-refractivity contribution is 0.0959. The van der Waals surface area contributed by atoms with Gasteiger partial charge in [0.05, 0.1) is 5.69 Å².